The van der Waals surface area contributed by atoms with Gasteiger partial charge in [-0.05, 0) is 51.6 Å². The second kappa shape index (κ2) is 5.84. The Morgan fingerprint density at radius 3 is 2.85 bits per heavy atom. The van der Waals surface area contributed by atoms with Crippen LogP contribution >= 0.6 is 0 Å². The van der Waals surface area contributed by atoms with Gasteiger partial charge in [0.05, 0.1) is 18.2 Å². The van der Waals surface area contributed by atoms with Crippen molar-refractivity contribution in [1.29, 1.82) is 0 Å². The Morgan fingerprint density at radius 1 is 1.30 bits per heavy atom. The molecule has 3 fully saturated rings. The predicted octanol–water partition coefficient (Wildman–Crippen LogP) is 2.56. The third-order valence-corrected chi connectivity index (χ3v) is 5.07. The first-order chi connectivity index (χ1) is 9.72. The molecular formula is C16H26N2O2. The predicted molar refractivity (Wildman–Crippen MR) is 79.1 cm³/mol. The van der Waals surface area contributed by atoms with Crippen molar-refractivity contribution in [2.45, 2.75) is 69.9 Å². The van der Waals surface area contributed by atoms with Gasteiger partial charge in [0, 0.05) is 6.54 Å². The second-order valence-corrected chi connectivity index (χ2v) is 6.47. The maximum atomic E-state index is 11.8. The van der Waals surface area contributed by atoms with Crippen molar-refractivity contribution in [3.8, 4) is 0 Å². The van der Waals surface area contributed by atoms with Crippen molar-refractivity contribution in [3.63, 3.8) is 0 Å². The van der Waals surface area contributed by atoms with Crippen molar-refractivity contribution >= 4 is 11.7 Å². The van der Waals surface area contributed by atoms with Crippen LogP contribution in [0.15, 0.2) is 4.99 Å². The molecule has 2 heterocycles. The van der Waals surface area contributed by atoms with E-state index in [0.29, 0.717) is 12.5 Å². The van der Waals surface area contributed by atoms with E-state index in [9.17, 15) is 4.79 Å². The van der Waals surface area contributed by atoms with Gasteiger partial charge in [-0.1, -0.05) is 13.3 Å². The molecule has 0 amide bonds. The summed E-state index contributed by atoms with van der Waals surface area (Å²) < 4.78 is 5.71. The van der Waals surface area contributed by atoms with Gasteiger partial charge in [-0.2, -0.15) is 0 Å². The van der Waals surface area contributed by atoms with Gasteiger partial charge >= 0.3 is 5.97 Å². The van der Waals surface area contributed by atoms with Gasteiger partial charge in [0.1, 0.15) is 0 Å². The van der Waals surface area contributed by atoms with E-state index in [1.54, 1.807) is 0 Å². The Balaban J connectivity index is 1.76. The summed E-state index contributed by atoms with van der Waals surface area (Å²) in [5.74, 6) is -0.0613. The molecule has 1 atom stereocenters. The quantitative estimate of drug-likeness (QED) is 0.729. The molecule has 4 nitrogen and oxygen atoms in total. The number of aliphatic imine (C=N–C) groups is 1. The van der Waals surface area contributed by atoms with E-state index in [1.807, 2.05) is 0 Å². The Morgan fingerprint density at radius 2 is 2.10 bits per heavy atom. The summed E-state index contributed by atoms with van der Waals surface area (Å²) in [5.41, 5.74) is 0.745. The summed E-state index contributed by atoms with van der Waals surface area (Å²) in [6.45, 7) is 5.55. The average Bonchev–Trinajstić information content (AvgIpc) is 2.75. The molecule has 3 aliphatic rings. The molecule has 0 aromatic heterocycles. The lowest BCUT2D eigenvalue weighted by Gasteiger charge is -2.34. The van der Waals surface area contributed by atoms with Crippen LogP contribution in [0.3, 0.4) is 0 Å². The fourth-order valence-electron chi connectivity index (χ4n) is 3.93. The zero-order valence-corrected chi connectivity index (χ0v) is 12.6. The fourth-order valence-corrected chi connectivity index (χ4v) is 3.93. The van der Waals surface area contributed by atoms with Crippen molar-refractivity contribution in [2.75, 3.05) is 19.6 Å². The van der Waals surface area contributed by atoms with E-state index in [1.165, 1.54) is 19.4 Å². The van der Waals surface area contributed by atoms with Gasteiger partial charge in [-0.3, -0.25) is 9.79 Å². The molecule has 0 radical (unpaired) electrons. The summed E-state index contributed by atoms with van der Waals surface area (Å²) in [6.07, 6.45) is 8.38. The first kappa shape index (κ1) is 14.1. The number of esters is 1. The highest BCUT2D eigenvalue weighted by molar-refractivity contribution is 6.09. The molecule has 4 heteroatoms. The highest BCUT2D eigenvalue weighted by Gasteiger charge is 2.47. The van der Waals surface area contributed by atoms with Crippen LogP contribution in [-0.4, -0.2) is 47.9 Å². The van der Waals surface area contributed by atoms with Crippen LogP contribution in [0.2, 0.25) is 0 Å². The minimum atomic E-state index is -0.316. The van der Waals surface area contributed by atoms with E-state index < -0.39 is 0 Å². The first-order valence-corrected chi connectivity index (χ1v) is 8.23. The number of likely N-dealkylation sites (tertiary alicyclic amines) is 1. The van der Waals surface area contributed by atoms with E-state index in [4.69, 9.17) is 9.73 Å². The topological polar surface area (TPSA) is 41.9 Å². The second-order valence-electron chi connectivity index (χ2n) is 6.47. The maximum Gasteiger partial charge on any atom is 0.312 e. The lowest BCUT2D eigenvalue weighted by molar-refractivity contribution is -0.148. The number of rotatable bonds is 2. The molecule has 1 spiro atoms. The lowest BCUT2D eigenvalue weighted by Crippen LogP contribution is -2.41. The van der Waals surface area contributed by atoms with Gasteiger partial charge < -0.3 is 9.64 Å². The number of hydrogen-bond donors (Lipinski definition) is 0. The molecule has 0 bridgehead atoms. The Hall–Kier alpha value is -0.900. The van der Waals surface area contributed by atoms with Crippen molar-refractivity contribution in [2.24, 2.45) is 4.99 Å². The summed E-state index contributed by atoms with van der Waals surface area (Å²) in [6, 6.07) is 0.368. The number of likely N-dealkylation sites (N-methyl/N-ethyl adjacent to an activating group) is 1. The summed E-state index contributed by atoms with van der Waals surface area (Å²) >= 11 is 0. The van der Waals surface area contributed by atoms with Crippen LogP contribution in [-0.2, 0) is 9.53 Å². The maximum absolute atomic E-state index is 11.8. The normalized spacial score (nSPS) is 32.8. The summed E-state index contributed by atoms with van der Waals surface area (Å²) in [5, 5.41) is 0. The molecular weight excluding hydrogens is 252 g/mol. The number of nitrogens with zero attached hydrogens (tertiary/aromatic N) is 2. The molecule has 0 aromatic carbocycles. The molecule has 112 valence electrons. The van der Waals surface area contributed by atoms with E-state index in [0.717, 1.165) is 50.9 Å². The molecule has 0 aromatic rings. The highest BCUT2D eigenvalue weighted by Crippen LogP contribution is 2.38. The van der Waals surface area contributed by atoms with E-state index in [2.05, 4.69) is 11.8 Å². The van der Waals surface area contributed by atoms with Crippen molar-refractivity contribution < 1.29 is 9.53 Å². The minimum absolute atomic E-state index is 0.0613. The number of hydrogen-bond acceptors (Lipinski definition) is 4. The summed E-state index contributed by atoms with van der Waals surface area (Å²) in [7, 11) is 0. The third-order valence-electron chi connectivity index (χ3n) is 5.07. The van der Waals surface area contributed by atoms with Crippen molar-refractivity contribution in [1.82, 2.24) is 4.90 Å². The van der Waals surface area contributed by atoms with Crippen LogP contribution in [0.4, 0.5) is 0 Å². The molecule has 2 saturated heterocycles. The smallest absolute Gasteiger partial charge is 0.312 e. The van der Waals surface area contributed by atoms with Gasteiger partial charge in [0.2, 0.25) is 0 Å². The Kier molecular flexibility index (Phi) is 4.11. The third kappa shape index (κ3) is 2.76. The lowest BCUT2D eigenvalue weighted by atomic mass is 9.81. The number of carbonyl (C=O) groups excluding carboxylic acids is 1. The minimum Gasteiger partial charge on any atom is -0.453 e. The van der Waals surface area contributed by atoms with E-state index >= 15 is 0 Å². The first-order valence-electron chi connectivity index (χ1n) is 8.23. The molecule has 3 rings (SSSR count). The van der Waals surface area contributed by atoms with Crippen molar-refractivity contribution in [3.05, 3.63) is 0 Å². The zero-order chi connectivity index (χ0) is 14.0. The van der Waals surface area contributed by atoms with E-state index in [-0.39, 0.29) is 11.6 Å². The fraction of sp³-hybridized carbons (Fsp3) is 0.875. The SMILES string of the molecule is CCN1CCC[C@H](N=C2CC(=O)OC23CCCCC3)C1. The Labute approximate surface area is 121 Å². The molecule has 20 heavy (non-hydrogen) atoms. The molecule has 0 N–H and O–H groups in total. The number of carbonyl (C=O) groups is 1. The number of piperidine rings is 1. The summed E-state index contributed by atoms with van der Waals surface area (Å²) in [4.78, 5) is 19.2. The van der Waals surface area contributed by atoms with Crippen LogP contribution in [0.25, 0.3) is 0 Å². The molecule has 1 saturated carbocycles. The van der Waals surface area contributed by atoms with Gasteiger partial charge in [0.25, 0.3) is 0 Å². The van der Waals surface area contributed by atoms with Gasteiger partial charge in [0.15, 0.2) is 5.60 Å². The Bertz CT molecular complexity index is 399. The average molecular weight is 278 g/mol. The van der Waals surface area contributed by atoms with Crippen LogP contribution in [0.1, 0.15) is 58.3 Å². The largest absolute Gasteiger partial charge is 0.453 e. The number of ether oxygens (including phenoxy) is 1. The molecule has 2 aliphatic heterocycles. The van der Waals surface area contributed by atoms with Crippen LogP contribution < -0.4 is 0 Å². The van der Waals surface area contributed by atoms with Gasteiger partial charge in [-0.15, -0.1) is 0 Å². The standard InChI is InChI=1S/C16H26N2O2/c1-2-18-10-6-7-13(12-18)17-14-11-15(19)20-16(14)8-4-3-5-9-16/h13H,2-12H2,1H3/t13-/m0/s1. The van der Waals surface area contributed by atoms with Crippen LogP contribution in [0.5, 0.6) is 0 Å². The molecule has 0 unspecified atom stereocenters. The monoisotopic (exact) mass is 278 g/mol. The molecule has 1 aliphatic carbocycles. The zero-order valence-electron chi connectivity index (χ0n) is 12.6. The van der Waals surface area contributed by atoms with Gasteiger partial charge in [-0.25, -0.2) is 0 Å². The van der Waals surface area contributed by atoms with Crippen LogP contribution in [0, 0.1) is 0 Å². The highest BCUT2D eigenvalue weighted by atomic mass is 16.6.